The largest absolute Gasteiger partial charge is 1.00 e. The second-order valence-corrected chi connectivity index (χ2v) is 6.90. The summed E-state index contributed by atoms with van der Waals surface area (Å²) in [4.78, 5) is 0. The van der Waals surface area contributed by atoms with Gasteiger partial charge in [-0.15, -0.1) is 0 Å². The summed E-state index contributed by atoms with van der Waals surface area (Å²) in [7, 11) is -4.42. The maximum Gasteiger partial charge on any atom is 1.00 e. The summed E-state index contributed by atoms with van der Waals surface area (Å²) in [6, 6.07) is 0. The first-order valence-corrected chi connectivity index (χ1v) is 6.73. The van der Waals surface area contributed by atoms with Crippen LogP contribution in [0.25, 0.3) is 0 Å². The van der Waals surface area contributed by atoms with E-state index in [-0.39, 0.29) is 36.0 Å². The number of aliphatic hydroxyl groups excluding tert-OH is 1. The smallest absolute Gasteiger partial charge is 0.747 e. The Kier molecular flexibility index (Phi) is 5.98. The van der Waals surface area contributed by atoms with Gasteiger partial charge in [-0.1, -0.05) is 13.8 Å². The van der Waals surface area contributed by atoms with Crippen LogP contribution in [-0.2, 0) is 10.1 Å². The van der Waals surface area contributed by atoms with Crippen molar-refractivity contribution in [2.24, 2.45) is 11.8 Å². The predicted octanol–water partition coefficient (Wildman–Crippen LogP) is -1.89. The molecule has 0 bridgehead atoms. The molecule has 0 aliphatic heterocycles. The number of hydrogen-bond donors (Lipinski definition) is 1. The summed E-state index contributed by atoms with van der Waals surface area (Å²) in [5, 5.41) is 9.80. The fourth-order valence-electron chi connectivity index (χ4n) is 2.19. The summed E-state index contributed by atoms with van der Waals surface area (Å²) >= 11 is 0. The van der Waals surface area contributed by atoms with Crippen LogP contribution in [0.1, 0.15) is 40.0 Å². The van der Waals surface area contributed by atoms with Crippen LogP contribution in [0.3, 0.4) is 0 Å². The van der Waals surface area contributed by atoms with Crippen molar-refractivity contribution in [1.82, 2.24) is 0 Å². The molecule has 1 aliphatic carbocycles. The minimum absolute atomic E-state index is 0. The number of rotatable bonds is 2. The van der Waals surface area contributed by atoms with Crippen molar-refractivity contribution in [3.8, 4) is 0 Å². The third kappa shape index (κ3) is 3.21. The Bertz CT molecular complexity index is 328. The summed E-state index contributed by atoms with van der Waals surface area (Å²) in [5.74, 6) is 0.730. The Morgan fingerprint density at radius 2 is 1.94 bits per heavy atom. The van der Waals surface area contributed by atoms with Crippen LogP contribution in [0.5, 0.6) is 0 Å². The van der Waals surface area contributed by atoms with E-state index < -0.39 is 21.0 Å². The van der Waals surface area contributed by atoms with E-state index in [4.69, 9.17) is 0 Å². The Hall–Kier alpha value is 0.870. The maximum absolute atomic E-state index is 11.1. The van der Waals surface area contributed by atoms with E-state index in [2.05, 4.69) is 0 Å². The van der Waals surface area contributed by atoms with Gasteiger partial charge in [0, 0.05) is 0 Å². The van der Waals surface area contributed by atoms with E-state index in [0.29, 0.717) is 24.7 Å². The Balaban J connectivity index is 0.00000225. The SMILES string of the molecule is CC(C)[C@@H]1CC[C@@](C)(S(=O)(=O)[O-])C(O)C1.[Na+]. The molecule has 0 radical (unpaired) electrons. The standard InChI is InChI=1S/C10H20O4S.Na/c1-7(2)8-4-5-10(3,9(11)6-8)15(12,13)14;/h7-9,11H,4-6H2,1-3H3,(H,12,13,14);/q;+1/p-1/t8-,9?,10-;/m1./s1. The molecule has 6 heteroatoms. The monoisotopic (exact) mass is 258 g/mol. The van der Waals surface area contributed by atoms with Crippen molar-refractivity contribution >= 4 is 10.1 Å². The summed E-state index contributed by atoms with van der Waals surface area (Å²) < 4.78 is 31.8. The second-order valence-electron chi connectivity index (χ2n) is 5.06. The maximum atomic E-state index is 11.1. The van der Waals surface area contributed by atoms with E-state index in [1.165, 1.54) is 6.92 Å². The van der Waals surface area contributed by atoms with Crippen LogP contribution < -0.4 is 29.6 Å². The van der Waals surface area contributed by atoms with E-state index in [9.17, 15) is 18.1 Å². The van der Waals surface area contributed by atoms with Gasteiger partial charge >= 0.3 is 29.6 Å². The summed E-state index contributed by atoms with van der Waals surface area (Å²) in [6.45, 7) is 5.45. The van der Waals surface area contributed by atoms with Gasteiger partial charge < -0.3 is 9.66 Å². The number of aliphatic hydroxyl groups is 1. The molecule has 0 heterocycles. The van der Waals surface area contributed by atoms with Gasteiger partial charge in [-0.05, 0) is 38.0 Å². The molecule has 1 rings (SSSR count). The van der Waals surface area contributed by atoms with Crippen molar-refractivity contribution in [2.75, 3.05) is 0 Å². The average molecular weight is 258 g/mol. The molecule has 1 aliphatic rings. The molecule has 0 saturated heterocycles. The topological polar surface area (TPSA) is 77.4 Å². The fourth-order valence-corrected chi connectivity index (χ4v) is 2.99. The first-order valence-electron chi connectivity index (χ1n) is 5.32. The molecular formula is C10H19NaO4S. The molecule has 3 atom stereocenters. The first kappa shape index (κ1) is 16.9. The molecule has 1 fully saturated rings. The van der Waals surface area contributed by atoms with E-state index in [1.54, 1.807) is 0 Å². The van der Waals surface area contributed by atoms with Gasteiger partial charge in [0.25, 0.3) is 0 Å². The van der Waals surface area contributed by atoms with Gasteiger partial charge in [0.15, 0.2) is 0 Å². The van der Waals surface area contributed by atoms with Crippen LogP contribution in [0.4, 0.5) is 0 Å². The Morgan fingerprint density at radius 3 is 2.25 bits per heavy atom. The Labute approximate surface area is 120 Å². The van der Waals surface area contributed by atoms with Gasteiger partial charge in [-0.2, -0.15) is 0 Å². The molecule has 1 unspecified atom stereocenters. The van der Waals surface area contributed by atoms with Crippen molar-refractivity contribution in [3.05, 3.63) is 0 Å². The van der Waals surface area contributed by atoms with Gasteiger partial charge in [0.05, 0.1) is 10.9 Å². The predicted molar refractivity (Wildman–Crippen MR) is 56.3 cm³/mol. The molecule has 0 aromatic rings. The van der Waals surface area contributed by atoms with Crippen LogP contribution in [0.15, 0.2) is 0 Å². The molecule has 16 heavy (non-hydrogen) atoms. The third-order valence-corrected chi connectivity index (χ3v) is 5.37. The molecule has 0 spiro atoms. The summed E-state index contributed by atoms with van der Waals surface area (Å²) in [5.41, 5.74) is 0. The minimum atomic E-state index is -4.42. The summed E-state index contributed by atoms with van der Waals surface area (Å²) in [6.07, 6.45) is 0.353. The third-order valence-electron chi connectivity index (χ3n) is 3.76. The van der Waals surface area contributed by atoms with E-state index in [1.807, 2.05) is 13.8 Å². The molecule has 0 aromatic heterocycles. The molecule has 0 amide bonds. The zero-order chi connectivity index (χ0) is 11.9. The normalized spacial score (nSPS) is 35.9. The van der Waals surface area contributed by atoms with E-state index in [0.717, 1.165) is 0 Å². The minimum Gasteiger partial charge on any atom is -0.747 e. The van der Waals surface area contributed by atoms with Gasteiger partial charge in [-0.3, -0.25) is 0 Å². The van der Waals surface area contributed by atoms with Crippen LogP contribution in [0.2, 0.25) is 0 Å². The average Bonchev–Trinajstić information content (AvgIpc) is 2.07. The van der Waals surface area contributed by atoms with Crippen LogP contribution in [-0.4, -0.2) is 28.9 Å². The van der Waals surface area contributed by atoms with Crippen molar-refractivity contribution in [1.29, 1.82) is 0 Å². The van der Waals surface area contributed by atoms with Crippen molar-refractivity contribution < 1.29 is 47.6 Å². The first-order chi connectivity index (χ1) is 6.68. The second kappa shape index (κ2) is 5.67. The van der Waals surface area contributed by atoms with Gasteiger partial charge in [0.2, 0.25) is 0 Å². The zero-order valence-corrected chi connectivity index (χ0v) is 13.3. The van der Waals surface area contributed by atoms with Crippen LogP contribution >= 0.6 is 0 Å². The van der Waals surface area contributed by atoms with Gasteiger partial charge in [0.1, 0.15) is 10.1 Å². The number of hydrogen-bond acceptors (Lipinski definition) is 4. The molecule has 90 valence electrons. The molecular weight excluding hydrogens is 239 g/mol. The molecule has 4 nitrogen and oxygen atoms in total. The van der Waals surface area contributed by atoms with Crippen molar-refractivity contribution in [2.45, 2.75) is 50.9 Å². The Morgan fingerprint density at radius 1 is 1.44 bits per heavy atom. The molecule has 1 saturated carbocycles. The zero-order valence-electron chi connectivity index (χ0n) is 10.4. The van der Waals surface area contributed by atoms with Crippen molar-refractivity contribution in [3.63, 3.8) is 0 Å². The molecule has 1 N–H and O–H groups in total. The quantitative estimate of drug-likeness (QED) is 0.464. The molecule has 0 aromatic carbocycles. The van der Waals surface area contributed by atoms with E-state index >= 15 is 0 Å². The van der Waals surface area contributed by atoms with Crippen LogP contribution in [0, 0.1) is 11.8 Å². The fraction of sp³-hybridized carbons (Fsp3) is 1.00. The van der Waals surface area contributed by atoms with Gasteiger partial charge in [-0.25, -0.2) is 8.42 Å².